The summed E-state index contributed by atoms with van der Waals surface area (Å²) in [4.78, 5) is 6.81. The zero-order chi connectivity index (χ0) is 19.9. The van der Waals surface area contributed by atoms with Crippen LogP contribution in [-0.4, -0.2) is 29.2 Å². The van der Waals surface area contributed by atoms with Crippen molar-refractivity contribution >= 4 is 19.5 Å². The number of hydrogen-bond acceptors (Lipinski definition) is 3. The van der Waals surface area contributed by atoms with Crippen molar-refractivity contribution in [2.24, 2.45) is 0 Å². The van der Waals surface area contributed by atoms with Gasteiger partial charge in [-0.2, -0.15) is 5.10 Å². The average Bonchev–Trinajstić information content (AvgIpc) is 3.27. The maximum Gasteiger partial charge on any atom is 0.172 e. The summed E-state index contributed by atoms with van der Waals surface area (Å²) in [5, 5.41) is 4.33. The number of hydrogen-bond donors (Lipinski definition) is 0. The molecule has 0 amide bonds. The van der Waals surface area contributed by atoms with Gasteiger partial charge in [0, 0.05) is 18.3 Å². The molecule has 1 atom stereocenters. The predicted octanol–water partition coefficient (Wildman–Crippen LogP) is 4.58. The van der Waals surface area contributed by atoms with Crippen LogP contribution in [0.2, 0.25) is 19.6 Å². The molecule has 0 unspecified atom stereocenters. The molecule has 28 heavy (non-hydrogen) atoms. The van der Waals surface area contributed by atoms with Crippen molar-refractivity contribution in [2.45, 2.75) is 38.5 Å². The first-order valence-corrected chi connectivity index (χ1v) is 12.9. The van der Waals surface area contributed by atoms with Crippen molar-refractivity contribution in [3.05, 3.63) is 59.4 Å². The number of aromatic nitrogens is 3. The van der Waals surface area contributed by atoms with Crippen molar-refractivity contribution in [2.75, 3.05) is 11.4 Å². The first-order chi connectivity index (χ1) is 13.3. The molecular weight excluding hydrogens is 374 g/mol. The highest BCUT2D eigenvalue weighted by atomic mass is 28.3. The van der Waals surface area contributed by atoms with Crippen molar-refractivity contribution in [3.8, 4) is 11.5 Å². The van der Waals surface area contributed by atoms with Gasteiger partial charge in [0.2, 0.25) is 0 Å². The third kappa shape index (κ3) is 3.65. The Bertz CT molecular complexity index is 1090. The van der Waals surface area contributed by atoms with Crippen molar-refractivity contribution < 1.29 is 8.78 Å². The van der Waals surface area contributed by atoms with Crippen LogP contribution in [0.5, 0.6) is 0 Å². The van der Waals surface area contributed by atoms with Crippen LogP contribution in [0.15, 0.2) is 36.7 Å². The minimum absolute atomic E-state index is 0.231. The van der Waals surface area contributed by atoms with E-state index in [1.165, 1.54) is 12.1 Å². The van der Waals surface area contributed by atoms with Gasteiger partial charge in [-0.25, -0.2) is 18.3 Å². The van der Waals surface area contributed by atoms with Gasteiger partial charge in [0.05, 0.1) is 17.8 Å². The molecular formula is C21H22F2N4Si. The van der Waals surface area contributed by atoms with E-state index < -0.39 is 13.9 Å². The molecule has 0 bridgehead atoms. The van der Waals surface area contributed by atoms with E-state index in [0.29, 0.717) is 11.2 Å². The molecule has 3 heterocycles. The zero-order valence-electron chi connectivity index (χ0n) is 16.2. The lowest BCUT2D eigenvalue weighted by molar-refractivity contribution is 0.560. The fraction of sp³-hybridized carbons (Fsp3) is 0.333. The van der Waals surface area contributed by atoms with E-state index in [-0.39, 0.29) is 11.9 Å². The Balaban J connectivity index is 1.73. The molecule has 0 aliphatic carbocycles. The molecule has 0 spiro atoms. The summed E-state index contributed by atoms with van der Waals surface area (Å²) in [6.45, 7) is 7.31. The van der Waals surface area contributed by atoms with E-state index in [2.05, 4.69) is 36.2 Å². The highest BCUT2D eigenvalue weighted by Gasteiger charge is 2.30. The molecule has 4 nitrogen and oxygen atoms in total. The average molecular weight is 397 g/mol. The maximum atomic E-state index is 14.3. The van der Waals surface area contributed by atoms with Crippen LogP contribution in [0.1, 0.15) is 30.0 Å². The number of halogens is 2. The van der Waals surface area contributed by atoms with E-state index >= 15 is 0 Å². The molecule has 144 valence electrons. The largest absolute Gasteiger partial charge is 0.349 e. The van der Waals surface area contributed by atoms with Crippen LogP contribution in [-0.2, 0) is 0 Å². The van der Waals surface area contributed by atoms with Gasteiger partial charge in [-0.1, -0.05) is 25.6 Å². The van der Waals surface area contributed by atoms with Crippen molar-refractivity contribution in [1.29, 1.82) is 0 Å². The third-order valence-corrected chi connectivity index (χ3v) is 5.67. The van der Waals surface area contributed by atoms with Gasteiger partial charge >= 0.3 is 0 Å². The van der Waals surface area contributed by atoms with Gasteiger partial charge in [-0.3, -0.25) is 0 Å². The second kappa shape index (κ2) is 7.02. The lowest BCUT2D eigenvalue weighted by atomic mass is 10.0. The Kier molecular flexibility index (Phi) is 4.67. The summed E-state index contributed by atoms with van der Waals surface area (Å²) >= 11 is 0. The monoisotopic (exact) mass is 396 g/mol. The zero-order valence-corrected chi connectivity index (χ0v) is 17.2. The molecule has 0 radical (unpaired) electrons. The van der Waals surface area contributed by atoms with Gasteiger partial charge < -0.3 is 4.90 Å². The molecule has 1 aromatic carbocycles. The molecule has 1 aliphatic heterocycles. The number of anilines is 1. The first kappa shape index (κ1) is 18.6. The lowest BCUT2D eigenvalue weighted by Gasteiger charge is -2.26. The molecule has 7 heteroatoms. The smallest absolute Gasteiger partial charge is 0.172 e. The van der Waals surface area contributed by atoms with Crippen LogP contribution >= 0.6 is 0 Å². The van der Waals surface area contributed by atoms with E-state index in [0.717, 1.165) is 36.8 Å². The predicted molar refractivity (Wildman–Crippen MR) is 109 cm³/mol. The standard InChI is InChI=1S/C21H22F2N4Si/c1-28(2,3)12-9-15-14-24-27-11-8-20(25-21(15)27)26-10-4-5-19(26)17-13-16(22)6-7-18(17)23/h6-8,11,13-14,19H,4-5,10H2,1-3H3/t19-/m1/s1. The Labute approximate surface area is 164 Å². The second-order valence-corrected chi connectivity index (χ2v) is 12.9. The fourth-order valence-corrected chi connectivity index (χ4v) is 4.01. The fourth-order valence-electron chi connectivity index (χ4n) is 3.50. The van der Waals surface area contributed by atoms with E-state index in [9.17, 15) is 8.78 Å². The molecule has 1 saturated heterocycles. The number of rotatable bonds is 2. The van der Waals surface area contributed by atoms with Gasteiger partial charge in [-0.05, 0) is 37.1 Å². The van der Waals surface area contributed by atoms with Crippen LogP contribution in [0.4, 0.5) is 14.6 Å². The number of benzene rings is 1. The van der Waals surface area contributed by atoms with Crippen LogP contribution in [0.3, 0.4) is 0 Å². The first-order valence-electron chi connectivity index (χ1n) is 9.41. The Morgan fingerprint density at radius 1 is 1.18 bits per heavy atom. The van der Waals surface area contributed by atoms with E-state index in [4.69, 9.17) is 4.98 Å². The summed E-state index contributed by atoms with van der Waals surface area (Å²) in [6.07, 6.45) is 5.23. The van der Waals surface area contributed by atoms with Gasteiger partial charge in [0.1, 0.15) is 25.5 Å². The summed E-state index contributed by atoms with van der Waals surface area (Å²) in [5.41, 5.74) is 5.20. The highest BCUT2D eigenvalue weighted by molar-refractivity contribution is 6.83. The van der Waals surface area contributed by atoms with Gasteiger partial charge in [0.25, 0.3) is 0 Å². The molecule has 2 aromatic heterocycles. The van der Waals surface area contributed by atoms with Gasteiger partial charge in [-0.15, -0.1) is 5.54 Å². The van der Waals surface area contributed by atoms with Crippen molar-refractivity contribution in [1.82, 2.24) is 14.6 Å². The Hall–Kier alpha value is -2.72. The third-order valence-electron chi connectivity index (χ3n) is 4.79. The minimum Gasteiger partial charge on any atom is -0.349 e. The summed E-state index contributed by atoms with van der Waals surface area (Å²) in [7, 11) is -1.52. The molecule has 0 saturated carbocycles. The summed E-state index contributed by atoms with van der Waals surface area (Å²) in [6, 6.07) is 5.27. The topological polar surface area (TPSA) is 33.4 Å². The van der Waals surface area contributed by atoms with Gasteiger partial charge in [0.15, 0.2) is 5.65 Å². The van der Waals surface area contributed by atoms with E-state index in [1.54, 1.807) is 10.7 Å². The molecule has 1 fully saturated rings. The highest BCUT2D eigenvalue weighted by Crippen LogP contribution is 2.36. The maximum absolute atomic E-state index is 14.3. The normalized spacial score (nSPS) is 17.0. The Morgan fingerprint density at radius 2 is 2.00 bits per heavy atom. The summed E-state index contributed by atoms with van der Waals surface area (Å²) < 4.78 is 29.8. The molecule has 1 aliphatic rings. The van der Waals surface area contributed by atoms with Crippen molar-refractivity contribution in [3.63, 3.8) is 0 Å². The second-order valence-electron chi connectivity index (χ2n) is 8.13. The minimum atomic E-state index is -1.52. The van der Waals surface area contributed by atoms with Crippen LogP contribution in [0, 0.1) is 23.1 Å². The molecule has 4 rings (SSSR count). The van der Waals surface area contributed by atoms with E-state index in [1.807, 2.05) is 17.2 Å². The number of nitrogens with zero attached hydrogens (tertiary/aromatic N) is 4. The number of fused-ring (bicyclic) bond motifs is 1. The Morgan fingerprint density at radius 3 is 2.79 bits per heavy atom. The quantitative estimate of drug-likeness (QED) is 0.470. The molecule has 3 aromatic rings. The summed E-state index contributed by atoms with van der Waals surface area (Å²) in [5.74, 6) is 3.15. The van der Waals surface area contributed by atoms with Crippen LogP contribution < -0.4 is 4.90 Å². The lowest BCUT2D eigenvalue weighted by Crippen LogP contribution is -2.24. The SMILES string of the molecule is C[Si](C)(C)C#Cc1cnn2ccc(N3CCC[C@@H]3c3cc(F)ccc3F)nc12. The van der Waals surface area contributed by atoms with Crippen LogP contribution in [0.25, 0.3) is 5.65 Å². The molecule has 0 N–H and O–H groups in total.